The number of benzene rings is 2. The van der Waals surface area contributed by atoms with Gasteiger partial charge in [0.2, 0.25) is 11.8 Å². The lowest BCUT2D eigenvalue weighted by atomic mass is 9.88. The van der Waals surface area contributed by atoms with Gasteiger partial charge in [-0.15, -0.1) is 0 Å². The van der Waals surface area contributed by atoms with Gasteiger partial charge in [0.15, 0.2) is 0 Å². The number of nitrogens with one attached hydrogen (secondary N) is 2. The van der Waals surface area contributed by atoms with Gasteiger partial charge < -0.3 is 15.5 Å². The predicted molar refractivity (Wildman–Crippen MR) is 135 cm³/mol. The Hall–Kier alpha value is -2.86. The Morgan fingerprint density at radius 2 is 1.65 bits per heavy atom. The first-order chi connectivity index (χ1) is 16.3. The lowest BCUT2D eigenvalue weighted by molar-refractivity contribution is -0.133. The molecule has 0 saturated carbocycles. The van der Waals surface area contributed by atoms with Crippen LogP contribution in [0.2, 0.25) is 5.02 Å². The fraction of sp³-hybridized carbons (Fsp3) is 0.444. The quantitative estimate of drug-likeness (QED) is 0.564. The first-order valence-electron chi connectivity index (χ1n) is 12.0. The molecule has 2 N–H and O–H groups in total. The van der Waals surface area contributed by atoms with Crippen molar-refractivity contribution in [3.05, 3.63) is 70.7 Å². The van der Waals surface area contributed by atoms with Crippen molar-refractivity contribution in [3.63, 3.8) is 0 Å². The zero-order chi connectivity index (χ0) is 24.5. The molecule has 0 bridgehead atoms. The summed E-state index contributed by atoms with van der Waals surface area (Å²) in [5.41, 5.74) is 1.49. The minimum atomic E-state index is -0.677. The van der Waals surface area contributed by atoms with Gasteiger partial charge in [0, 0.05) is 26.1 Å². The van der Waals surface area contributed by atoms with E-state index in [0.717, 1.165) is 5.56 Å². The molecule has 182 valence electrons. The highest BCUT2D eigenvalue weighted by atomic mass is 35.5. The highest BCUT2D eigenvalue weighted by molar-refractivity contribution is 6.33. The largest absolute Gasteiger partial charge is 0.354 e. The van der Waals surface area contributed by atoms with Gasteiger partial charge in [-0.05, 0) is 48.8 Å². The second kappa shape index (κ2) is 12.6. The molecule has 1 heterocycles. The molecule has 0 unspecified atom stereocenters. The van der Waals surface area contributed by atoms with Crippen LogP contribution in [0, 0.1) is 11.8 Å². The van der Waals surface area contributed by atoms with Crippen molar-refractivity contribution in [2.24, 2.45) is 11.8 Å². The number of carbonyl (C=O) groups excluding carboxylic acids is 3. The minimum Gasteiger partial charge on any atom is -0.354 e. The number of piperidine rings is 1. The summed E-state index contributed by atoms with van der Waals surface area (Å²) in [7, 11) is 0. The van der Waals surface area contributed by atoms with Gasteiger partial charge in [-0.25, -0.2) is 0 Å². The topological polar surface area (TPSA) is 78.5 Å². The van der Waals surface area contributed by atoms with Gasteiger partial charge in [-0.1, -0.05) is 67.9 Å². The fourth-order valence-corrected chi connectivity index (χ4v) is 4.43. The van der Waals surface area contributed by atoms with E-state index < -0.39 is 6.04 Å². The molecule has 1 aliphatic heterocycles. The smallest absolute Gasteiger partial charge is 0.253 e. The number of hydrogen-bond acceptors (Lipinski definition) is 3. The highest BCUT2D eigenvalue weighted by Crippen LogP contribution is 2.23. The second-order valence-electron chi connectivity index (χ2n) is 9.27. The Labute approximate surface area is 207 Å². The summed E-state index contributed by atoms with van der Waals surface area (Å²) in [5, 5.41) is 6.22. The third-order valence-corrected chi connectivity index (χ3v) is 6.54. The van der Waals surface area contributed by atoms with Crippen molar-refractivity contribution in [1.82, 2.24) is 15.5 Å². The third-order valence-electron chi connectivity index (χ3n) is 6.21. The average molecular weight is 484 g/mol. The molecule has 34 heavy (non-hydrogen) atoms. The SMILES string of the molecule is CC(C)CNC(=O)[C@@H](NC(=O)c1ccccc1Cl)C1CCN(C(=O)CCc2ccccc2)CC1. The molecule has 0 aromatic heterocycles. The normalized spacial score (nSPS) is 15.1. The Morgan fingerprint density at radius 1 is 1.00 bits per heavy atom. The molecular weight excluding hydrogens is 450 g/mol. The van der Waals surface area contributed by atoms with Gasteiger partial charge in [0.05, 0.1) is 10.6 Å². The van der Waals surface area contributed by atoms with Crippen LogP contribution in [-0.4, -0.2) is 48.3 Å². The molecule has 0 spiro atoms. The number of amides is 3. The van der Waals surface area contributed by atoms with Crippen molar-refractivity contribution in [1.29, 1.82) is 0 Å². The standard InChI is InChI=1S/C27H34ClN3O3/c1-19(2)18-29-27(34)25(30-26(33)22-10-6-7-11-23(22)28)21-14-16-31(17-15-21)24(32)13-12-20-8-4-3-5-9-20/h3-11,19,21,25H,12-18H2,1-2H3,(H,29,34)(H,30,33)/t25-/m0/s1. The molecule has 1 fully saturated rings. The Morgan fingerprint density at radius 3 is 2.29 bits per heavy atom. The van der Waals surface area contributed by atoms with E-state index in [1.165, 1.54) is 0 Å². The number of aryl methyl sites for hydroxylation is 1. The maximum absolute atomic E-state index is 13.0. The zero-order valence-corrected chi connectivity index (χ0v) is 20.7. The Balaban J connectivity index is 1.61. The molecule has 3 rings (SSSR count). The van der Waals surface area contributed by atoms with Crippen LogP contribution < -0.4 is 10.6 Å². The zero-order valence-electron chi connectivity index (χ0n) is 19.9. The van der Waals surface area contributed by atoms with E-state index in [9.17, 15) is 14.4 Å². The van der Waals surface area contributed by atoms with E-state index in [0.29, 0.717) is 61.8 Å². The average Bonchev–Trinajstić information content (AvgIpc) is 2.85. The van der Waals surface area contributed by atoms with Crippen molar-refractivity contribution in [2.75, 3.05) is 19.6 Å². The van der Waals surface area contributed by atoms with Crippen LogP contribution in [0.5, 0.6) is 0 Å². The van der Waals surface area contributed by atoms with Crippen LogP contribution >= 0.6 is 11.6 Å². The van der Waals surface area contributed by atoms with E-state index in [1.54, 1.807) is 24.3 Å². The summed E-state index contributed by atoms with van der Waals surface area (Å²) < 4.78 is 0. The van der Waals surface area contributed by atoms with Crippen LogP contribution in [0.25, 0.3) is 0 Å². The van der Waals surface area contributed by atoms with Crippen molar-refractivity contribution >= 4 is 29.3 Å². The summed E-state index contributed by atoms with van der Waals surface area (Å²) >= 11 is 6.19. The summed E-state index contributed by atoms with van der Waals surface area (Å²) in [4.78, 5) is 40.5. The maximum Gasteiger partial charge on any atom is 0.253 e. The van der Waals surface area contributed by atoms with Crippen LogP contribution in [0.15, 0.2) is 54.6 Å². The van der Waals surface area contributed by atoms with Crippen LogP contribution in [0.1, 0.15) is 49.0 Å². The summed E-state index contributed by atoms with van der Waals surface area (Å²) in [6.07, 6.45) is 2.49. The number of likely N-dealkylation sites (tertiary alicyclic amines) is 1. The minimum absolute atomic E-state index is 0.0585. The molecule has 7 heteroatoms. The first-order valence-corrected chi connectivity index (χ1v) is 12.4. The molecule has 1 atom stereocenters. The molecule has 0 radical (unpaired) electrons. The molecule has 0 aliphatic carbocycles. The van der Waals surface area contributed by atoms with Gasteiger partial charge in [-0.2, -0.15) is 0 Å². The van der Waals surface area contributed by atoms with Gasteiger partial charge in [-0.3, -0.25) is 14.4 Å². The van der Waals surface area contributed by atoms with Gasteiger partial charge >= 0.3 is 0 Å². The monoisotopic (exact) mass is 483 g/mol. The third kappa shape index (κ3) is 7.32. The molecule has 6 nitrogen and oxygen atoms in total. The summed E-state index contributed by atoms with van der Waals surface area (Å²) in [5.74, 6) is -0.187. The van der Waals surface area contributed by atoms with Crippen LogP contribution in [0.4, 0.5) is 0 Å². The first kappa shape index (κ1) is 25.8. The van der Waals surface area contributed by atoms with E-state index >= 15 is 0 Å². The van der Waals surface area contributed by atoms with Crippen molar-refractivity contribution in [3.8, 4) is 0 Å². The second-order valence-corrected chi connectivity index (χ2v) is 9.68. The van der Waals surface area contributed by atoms with Crippen molar-refractivity contribution in [2.45, 2.75) is 45.6 Å². The molecule has 1 saturated heterocycles. The van der Waals surface area contributed by atoms with E-state index in [2.05, 4.69) is 10.6 Å². The number of rotatable bonds is 9. The lowest BCUT2D eigenvalue weighted by Gasteiger charge is -2.36. The highest BCUT2D eigenvalue weighted by Gasteiger charge is 2.34. The molecule has 3 amide bonds. The number of nitrogens with zero attached hydrogens (tertiary/aromatic N) is 1. The van der Waals surface area contributed by atoms with E-state index in [1.807, 2.05) is 49.1 Å². The maximum atomic E-state index is 13.0. The Kier molecular flexibility index (Phi) is 9.52. The number of carbonyl (C=O) groups is 3. The summed E-state index contributed by atoms with van der Waals surface area (Å²) in [6.45, 7) is 5.74. The number of hydrogen-bond donors (Lipinski definition) is 2. The predicted octanol–water partition coefficient (Wildman–Crippen LogP) is 4.08. The Bertz CT molecular complexity index is 972. The fourth-order valence-electron chi connectivity index (χ4n) is 4.21. The summed E-state index contributed by atoms with van der Waals surface area (Å²) in [6, 6.07) is 16.1. The molecule has 2 aromatic rings. The van der Waals surface area contributed by atoms with Crippen molar-refractivity contribution < 1.29 is 14.4 Å². The molecular formula is C27H34ClN3O3. The molecule has 1 aliphatic rings. The molecule has 2 aromatic carbocycles. The van der Waals surface area contributed by atoms with E-state index in [4.69, 9.17) is 11.6 Å². The van der Waals surface area contributed by atoms with E-state index in [-0.39, 0.29) is 23.6 Å². The van der Waals surface area contributed by atoms with Crippen LogP contribution in [-0.2, 0) is 16.0 Å². The van der Waals surface area contributed by atoms with Crippen LogP contribution in [0.3, 0.4) is 0 Å². The number of halogens is 1. The van der Waals surface area contributed by atoms with Gasteiger partial charge in [0.25, 0.3) is 5.91 Å². The lowest BCUT2D eigenvalue weighted by Crippen LogP contribution is -2.54. The van der Waals surface area contributed by atoms with Gasteiger partial charge in [0.1, 0.15) is 6.04 Å².